The summed E-state index contributed by atoms with van der Waals surface area (Å²) in [6.07, 6.45) is 6.00. The van der Waals surface area contributed by atoms with Gasteiger partial charge in [0, 0.05) is 25.5 Å². The van der Waals surface area contributed by atoms with E-state index in [2.05, 4.69) is 10.3 Å². The number of hydrogen-bond donors (Lipinski definition) is 1. The van der Waals surface area contributed by atoms with Crippen LogP contribution in [0.1, 0.15) is 31.4 Å². The lowest BCUT2D eigenvalue weighted by atomic mass is 9.98. The zero-order valence-electron chi connectivity index (χ0n) is 12.3. The molecule has 0 spiro atoms. The number of pyridine rings is 1. The lowest BCUT2D eigenvalue weighted by molar-refractivity contribution is -0.126. The normalized spacial score (nSPS) is 21.7. The zero-order valence-corrected chi connectivity index (χ0v) is 13.1. The highest BCUT2D eigenvalue weighted by atomic mass is 32.2. The Bertz CT molecular complexity index is 589. The molecule has 6 nitrogen and oxygen atoms in total. The van der Waals surface area contributed by atoms with Gasteiger partial charge in [-0.2, -0.15) is 0 Å². The number of carbonyl (C=O) groups is 1. The minimum atomic E-state index is -3.23. The number of sulfonamides is 1. The fourth-order valence-electron chi connectivity index (χ4n) is 2.52. The quantitative estimate of drug-likeness (QED) is 0.897. The zero-order chi connectivity index (χ0) is 15.5. The molecule has 116 valence electrons. The van der Waals surface area contributed by atoms with Crippen molar-refractivity contribution < 1.29 is 13.2 Å². The summed E-state index contributed by atoms with van der Waals surface area (Å²) in [5.74, 6) is -0.370. The summed E-state index contributed by atoms with van der Waals surface area (Å²) in [5.41, 5.74) is 0.981. The van der Waals surface area contributed by atoms with E-state index in [0.29, 0.717) is 6.54 Å². The highest BCUT2D eigenvalue weighted by Gasteiger charge is 2.30. The molecule has 0 radical (unpaired) electrons. The number of piperidine rings is 1. The first-order chi connectivity index (χ1) is 9.88. The van der Waals surface area contributed by atoms with Gasteiger partial charge in [-0.05, 0) is 37.5 Å². The van der Waals surface area contributed by atoms with Gasteiger partial charge in [-0.25, -0.2) is 12.7 Å². The van der Waals surface area contributed by atoms with E-state index in [4.69, 9.17) is 0 Å². The van der Waals surface area contributed by atoms with Crippen molar-refractivity contribution >= 4 is 15.9 Å². The molecule has 1 N–H and O–H groups in total. The van der Waals surface area contributed by atoms with Crippen molar-refractivity contribution in [1.82, 2.24) is 14.6 Å². The van der Waals surface area contributed by atoms with Crippen LogP contribution in [0.3, 0.4) is 0 Å². The highest BCUT2D eigenvalue weighted by molar-refractivity contribution is 7.88. The van der Waals surface area contributed by atoms with Gasteiger partial charge in [-0.3, -0.25) is 9.78 Å². The van der Waals surface area contributed by atoms with Gasteiger partial charge < -0.3 is 5.32 Å². The van der Waals surface area contributed by atoms with Gasteiger partial charge in [-0.1, -0.05) is 0 Å². The van der Waals surface area contributed by atoms with Crippen LogP contribution >= 0.6 is 0 Å². The van der Waals surface area contributed by atoms with Gasteiger partial charge in [0.1, 0.15) is 0 Å². The maximum absolute atomic E-state index is 12.3. The van der Waals surface area contributed by atoms with Gasteiger partial charge in [0.25, 0.3) is 0 Å². The molecule has 7 heteroatoms. The fourth-order valence-corrected chi connectivity index (χ4v) is 3.44. The molecule has 2 heterocycles. The third kappa shape index (κ3) is 4.25. The molecular weight excluding hydrogens is 290 g/mol. The number of amides is 1. The molecule has 1 amide bonds. The second kappa shape index (κ2) is 6.53. The Balaban J connectivity index is 1.97. The summed E-state index contributed by atoms with van der Waals surface area (Å²) in [7, 11) is -3.23. The van der Waals surface area contributed by atoms with Crippen LogP contribution in [0.4, 0.5) is 0 Å². The lowest BCUT2D eigenvalue weighted by Gasteiger charge is -2.30. The van der Waals surface area contributed by atoms with Crippen molar-refractivity contribution in [3.63, 3.8) is 0 Å². The SMILES string of the molecule is C[C@@H](NC(=O)[C@@H]1CCCN(S(C)(=O)=O)C1)c1ccncc1. The van der Waals surface area contributed by atoms with E-state index in [1.807, 2.05) is 19.1 Å². The molecule has 21 heavy (non-hydrogen) atoms. The number of hydrogen-bond acceptors (Lipinski definition) is 4. The summed E-state index contributed by atoms with van der Waals surface area (Å²) in [4.78, 5) is 16.3. The standard InChI is InChI=1S/C14H21N3O3S/c1-11(12-5-7-15-8-6-12)16-14(18)13-4-3-9-17(10-13)21(2,19)20/h5-8,11,13H,3-4,9-10H2,1-2H3,(H,16,18)/t11-,13-/m1/s1. The van der Waals surface area contributed by atoms with Crippen molar-refractivity contribution in [1.29, 1.82) is 0 Å². The molecule has 1 aromatic heterocycles. The molecule has 1 aliphatic rings. The Hall–Kier alpha value is -1.47. The lowest BCUT2D eigenvalue weighted by Crippen LogP contribution is -2.45. The average Bonchev–Trinajstić information content (AvgIpc) is 2.47. The first kappa shape index (κ1) is 15.9. The van der Waals surface area contributed by atoms with Crippen LogP contribution < -0.4 is 5.32 Å². The van der Waals surface area contributed by atoms with Crippen LogP contribution in [0.15, 0.2) is 24.5 Å². The number of carbonyl (C=O) groups excluding carboxylic acids is 1. The molecule has 0 unspecified atom stereocenters. The van der Waals surface area contributed by atoms with Gasteiger partial charge in [0.15, 0.2) is 0 Å². The van der Waals surface area contributed by atoms with Crippen LogP contribution in [-0.4, -0.2) is 43.0 Å². The Labute approximate surface area is 125 Å². The molecule has 1 aromatic rings. The monoisotopic (exact) mass is 311 g/mol. The molecule has 2 rings (SSSR count). The van der Waals surface area contributed by atoms with Gasteiger partial charge in [0.05, 0.1) is 18.2 Å². The number of aromatic nitrogens is 1. The number of rotatable bonds is 4. The third-order valence-electron chi connectivity index (χ3n) is 3.79. The first-order valence-corrected chi connectivity index (χ1v) is 8.88. The van der Waals surface area contributed by atoms with E-state index in [1.165, 1.54) is 10.6 Å². The Morgan fingerprint density at radius 3 is 2.71 bits per heavy atom. The Morgan fingerprint density at radius 1 is 1.43 bits per heavy atom. The maximum Gasteiger partial charge on any atom is 0.224 e. The van der Waals surface area contributed by atoms with E-state index in [0.717, 1.165) is 18.4 Å². The Morgan fingerprint density at radius 2 is 2.10 bits per heavy atom. The summed E-state index contributed by atoms with van der Waals surface area (Å²) in [6, 6.07) is 3.59. The third-order valence-corrected chi connectivity index (χ3v) is 5.06. The average molecular weight is 311 g/mol. The molecule has 0 aliphatic carbocycles. The summed E-state index contributed by atoms with van der Waals surface area (Å²) in [6.45, 7) is 2.68. The molecular formula is C14H21N3O3S. The van der Waals surface area contributed by atoms with Crippen molar-refractivity contribution in [2.24, 2.45) is 5.92 Å². The van der Waals surface area contributed by atoms with Crippen molar-refractivity contribution in [3.05, 3.63) is 30.1 Å². The minimum absolute atomic E-state index is 0.0901. The van der Waals surface area contributed by atoms with Crippen LogP contribution in [0.2, 0.25) is 0 Å². The Kier molecular flexibility index (Phi) is 4.95. The van der Waals surface area contributed by atoms with Crippen LogP contribution in [0.25, 0.3) is 0 Å². The molecule has 1 aliphatic heterocycles. The van der Waals surface area contributed by atoms with Gasteiger partial charge >= 0.3 is 0 Å². The van der Waals surface area contributed by atoms with Crippen molar-refractivity contribution in [2.75, 3.05) is 19.3 Å². The van der Waals surface area contributed by atoms with E-state index in [1.54, 1.807) is 12.4 Å². The van der Waals surface area contributed by atoms with E-state index in [-0.39, 0.29) is 24.4 Å². The number of nitrogens with zero attached hydrogens (tertiary/aromatic N) is 2. The second-order valence-corrected chi connectivity index (χ2v) is 7.45. The number of nitrogens with one attached hydrogen (secondary N) is 1. The second-order valence-electron chi connectivity index (χ2n) is 5.47. The molecule has 0 saturated carbocycles. The summed E-state index contributed by atoms with van der Waals surface area (Å²) in [5, 5.41) is 2.95. The molecule has 1 saturated heterocycles. The maximum atomic E-state index is 12.3. The molecule has 0 bridgehead atoms. The first-order valence-electron chi connectivity index (χ1n) is 7.03. The van der Waals surface area contributed by atoms with Crippen LogP contribution in [0.5, 0.6) is 0 Å². The fraction of sp³-hybridized carbons (Fsp3) is 0.571. The predicted octanol–water partition coefficient (Wildman–Crippen LogP) is 0.930. The van der Waals surface area contributed by atoms with E-state index < -0.39 is 10.0 Å². The van der Waals surface area contributed by atoms with Crippen LogP contribution in [0, 0.1) is 5.92 Å². The van der Waals surface area contributed by atoms with Crippen molar-refractivity contribution in [2.45, 2.75) is 25.8 Å². The van der Waals surface area contributed by atoms with Gasteiger partial charge in [-0.15, -0.1) is 0 Å². The van der Waals surface area contributed by atoms with E-state index >= 15 is 0 Å². The van der Waals surface area contributed by atoms with E-state index in [9.17, 15) is 13.2 Å². The van der Waals surface area contributed by atoms with Gasteiger partial charge in [0.2, 0.25) is 15.9 Å². The molecule has 1 fully saturated rings. The molecule has 0 aromatic carbocycles. The predicted molar refractivity (Wildman–Crippen MR) is 79.9 cm³/mol. The smallest absolute Gasteiger partial charge is 0.224 e. The summed E-state index contributed by atoms with van der Waals surface area (Å²) >= 11 is 0. The van der Waals surface area contributed by atoms with Crippen molar-refractivity contribution in [3.8, 4) is 0 Å². The topological polar surface area (TPSA) is 79.4 Å². The van der Waals surface area contributed by atoms with Crippen LogP contribution in [-0.2, 0) is 14.8 Å². The minimum Gasteiger partial charge on any atom is -0.349 e. The highest BCUT2D eigenvalue weighted by Crippen LogP contribution is 2.20. The summed E-state index contributed by atoms with van der Waals surface area (Å²) < 4.78 is 24.6. The largest absolute Gasteiger partial charge is 0.349 e. The molecule has 2 atom stereocenters.